The van der Waals surface area contributed by atoms with Crippen LogP contribution in [0.15, 0.2) is 41.3 Å². The van der Waals surface area contributed by atoms with Gasteiger partial charge < -0.3 is 15.0 Å². The molecule has 5 rings (SSSR count). The number of hydrogen-bond donors (Lipinski definition) is 1. The highest BCUT2D eigenvalue weighted by Gasteiger charge is 2.29. The normalized spacial score (nSPS) is 19.2. The molecular formula is C25H29N3O5S. The Morgan fingerprint density at radius 3 is 2.44 bits per heavy atom. The van der Waals surface area contributed by atoms with Gasteiger partial charge in [-0.3, -0.25) is 9.59 Å². The zero-order valence-electron chi connectivity index (χ0n) is 19.1. The van der Waals surface area contributed by atoms with E-state index in [1.54, 1.807) is 18.2 Å². The molecule has 180 valence electrons. The number of carbonyl (C=O) groups is 2. The zero-order chi connectivity index (χ0) is 23.7. The Morgan fingerprint density at radius 2 is 1.68 bits per heavy atom. The van der Waals surface area contributed by atoms with Gasteiger partial charge in [0, 0.05) is 50.4 Å². The van der Waals surface area contributed by atoms with E-state index in [9.17, 15) is 18.0 Å². The van der Waals surface area contributed by atoms with Crippen molar-refractivity contribution in [2.24, 2.45) is 0 Å². The van der Waals surface area contributed by atoms with Crippen molar-refractivity contribution < 1.29 is 22.7 Å². The highest BCUT2D eigenvalue weighted by atomic mass is 32.2. The van der Waals surface area contributed by atoms with E-state index in [2.05, 4.69) is 10.2 Å². The number of hydrogen-bond acceptors (Lipinski definition) is 6. The summed E-state index contributed by atoms with van der Waals surface area (Å²) in [5, 5.41) is 2.96. The summed E-state index contributed by atoms with van der Waals surface area (Å²) >= 11 is 0. The molecule has 0 aromatic heterocycles. The third kappa shape index (κ3) is 4.60. The largest absolute Gasteiger partial charge is 0.379 e. The van der Waals surface area contributed by atoms with Gasteiger partial charge in [0.2, 0.25) is 10.0 Å². The Kier molecular flexibility index (Phi) is 6.42. The molecule has 9 heteroatoms. The number of ketones is 1. The van der Waals surface area contributed by atoms with Crippen LogP contribution in [0.5, 0.6) is 0 Å². The predicted molar refractivity (Wildman–Crippen MR) is 129 cm³/mol. The summed E-state index contributed by atoms with van der Waals surface area (Å²) in [4.78, 5) is 27.4. The van der Waals surface area contributed by atoms with Crippen LogP contribution in [0.1, 0.15) is 40.7 Å². The molecule has 0 unspecified atom stereocenters. The molecule has 34 heavy (non-hydrogen) atoms. The fourth-order valence-corrected chi connectivity index (χ4v) is 6.34. The first-order chi connectivity index (χ1) is 16.4. The Morgan fingerprint density at radius 1 is 0.912 bits per heavy atom. The first kappa shape index (κ1) is 23.0. The fraction of sp³-hybridized carbons (Fsp3) is 0.440. The van der Waals surface area contributed by atoms with E-state index in [4.69, 9.17) is 4.74 Å². The monoisotopic (exact) mass is 483 g/mol. The van der Waals surface area contributed by atoms with Gasteiger partial charge in [-0.2, -0.15) is 4.31 Å². The van der Waals surface area contributed by atoms with Crippen molar-refractivity contribution in [3.63, 3.8) is 0 Å². The second-order valence-electron chi connectivity index (χ2n) is 9.04. The van der Waals surface area contributed by atoms with Crippen LogP contribution in [0.3, 0.4) is 0 Å². The summed E-state index contributed by atoms with van der Waals surface area (Å²) in [7, 11) is -3.73. The first-order valence-corrected chi connectivity index (χ1v) is 13.3. The van der Waals surface area contributed by atoms with E-state index in [1.165, 1.54) is 10.4 Å². The van der Waals surface area contributed by atoms with Gasteiger partial charge in [-0.1, -0.05) is 6.07 Å². The van der Waals surface area contributed by atoms with Crippen LogP contribution < -0.4 is 10.2 Å². The summed E-state index contributed by atoms with van der Waals surface area (Å²) in [6.45, 7) is 3.00. The van der Waals surface area contributed by atoms with Crippen LogP contribution in [0.2, 0.25) is 0 Å². The molecule has 2 aliphatic heterocycles. The van der Waals surface area contributed by atoms with E-state index in [0.717, 1.165) is 42.7 Å². The number of amides is 1. The molecule has 2 heterocycles. The van der Waals surface area contributed by atoms with Gasteiger partial charge in [-0.05, 0) is 60.7 Å². The van der Waals surface area contributed by atoms with E-state index in [-0.39, 0.29) is 16.6 Å². The van der Waals surface area contributed by atoms with Crippen LogP contribution in [-0.2, 0) is 32.4 Å². The van der Waals surface area contributed by atoms with Gasteiger partial charge in [-0.15, -0.1) is 0 Å². The lowest BCUT2D eigenvalue weighted by molar-refractivity contribution is -0.118. The van der Waals surface area contributed by atoms with Crippen molar-refractivity contribution in [3.8, 4) is 0 Å². The van der Waals surface area contributed by atoms with Gasteiger partial charge in [-0.25, -0.2) is 8.42 Å². The molecule has 0 atom stereocenters. The molecule has 2 fully saturated rings. The lowest BCUT2D eigenvalue weighted by Gasteiger charge is -2.27. The minimum absolute atomic E-state index is 0.117. The van der Waals surface area contributed by atoms with Crippen molar-refractivity contribution >= 4 is 33.1 Å². The average Bonchev–Trinajstić information content (AvgIpc) is 3.39. The number of ether oxygens (including phenoxy) is 1. The summed E-state index contributed by atoms with van der Waals surface area (Å²) in [5.41, 5.74) is 3.82. The van der Waals surface area contributed by atoms with E-state index >= 15 is 0 Å². The maximum absolute atomic E-state index is 13.4. The number of Topliss-reactive ketones (excluding diaryl/α,β-unsaturated/α-hetero) is 1. The summed E-state index contributed by atoms with van der Waals surface area (Å²) in [5.74, 6) is -0.106. The van der Waals surface area contributed by atoms with E-state index < -0.39 is 10.0 Å². The summed E-state index contributed by atoms with van der Waals surface area (Å²) in [6, 6.07) is 10.5. The van der Waals surface area contributed by atoms with Crippen molar-refractivity contribution in [1.82, 2.24) is 4.31 Å². The standard InChI is InChI=1S/C25H29N3O5S/c29-21-6-4-18-15-20(5-3-19(18)16-21)26-25(30)23-17-22(7-8-24(23)27-9-1-2-10-27)34(31,32)28-11-13-33-14-12-28/h3,5,7-8,15,17H,1-2,4,6,9-14,16H2,(H,26,30). The SMILES string of the molecule is O=C1CCc2cc(NC(=O)c3cc(S(=O)(=O)N4CCOCC4)ccc3N3CCCC3)ccc2C1. The molecule has 0 bridgehead atoms. The Labute approximate surface area is 199 Å². The number of aryl methyl sites for hydroxylation is 1. The van der Waals surface area contributed by atoms with Crippen molar-refractivity contribution in [2.45, 2.75) is 37.0 Å². The first-order valence-electron chi connectivity index (χ1n) is 11.8. The molecular weight excluding hydrogens is 454 g/mol. The minimum Gasteiger partial charge on any atom is -0.379 e. The van der Waals surface area contributed by atoms with Gasteiger partial charge >= 0.3 is 0 Å². The maximum Gasteiger partial charge on any atom is 0.257 e. The van der Waals surface area contributed by atoms with Crippen molar-refractivity contribution in [1.29, 1.82) is 0 Å². The van der Waals surface area contributed by atoms with Gasteiger partial charge in [0.1, 0.15) is 5.78 Å². The number of benzene rings is 2. The Balaban J connectivity index is 1.46. The Hall–Kier alpha value is -2.75. The third-order valence-electron chi connectivity index (χ3n) is 6.79. The van der Waals surface area contributed by atoms with Gasteiger partial charge in [0.25, 0.3) is 5.91 Å². The van der Waals surface area contributed by atoms with Gasteiger partial charge in [0.15, 0.2) is 0 Å². The molecule has 1 amide bonds. The number of carbonyl (C=O) groups excluding carboxylic acids is 2. The maximum atomic E-state index is 13.4. The fourth-order valence-electron chi connectivity index (χ4n) is 4.91. The summed E-state index contributed by atoms with van der Waals surface area (Å²) in [6.07, 6.45) is 3.70. The number of sulfonamides is 1. The van der Waals surface area contributed by atoms with Crippen molar-refractivity contribution in [2.75, 3.05) is 49.6 Å². The molecule has 2 aromatic carbocycles. The lowest BCUT2D eigenvalue weighted by Crippen LogP contribution is -2.40. The van der Waals surface area contributed by atoms with Crippen molar-refractivity contribution in [3.05, 3.63) is 53.1 Å². The van der Waals surface area contributed by atoms with Crippen LogP contribution in [-0.4, -0.2) is 63.8 Å². The number of fused-ring (bicyclic) bond motifs is 1. The average molecular weight is 484 g/mol. The van der Waals surface area contributed by atoms with Crippen LogP contribution in [0.4, 0.5) is 11.4 Å². The zero-order valence-corrected chi connectivity index (χ0v) is 19.9. The third-order valence-corrected chi connectivity index (χ3v) is 8.69. The second-order valence-corrected chi connectivity index (χ2v) is 11.0. The summed E-state index contributed by atoms with van der Waals surface area (Å²) < 4.78 is 33.2. The number of rotatable bonds is 5. The molecule has 0 radical (unpaired) electrons. The second kappa shape index (κ2) is 9.48. The number of morpholine rings is 1. The molecule has 0 saturated carbocycles. The molecule has 2 saturated heterocycles. The molecule has 1 N–H and O–H groups in total. The van der Waals surface area contributed by atoms with Gasteiger partial charge in [0.05, 0.1) is 23.7 Å². The molecule has 0 spiro atoms. The van der Waals surface area contributed by atoms with Crippen LogP contribution in [0, 0.1) is 0 Å². The topological polar surface area (TPSA) is 96.0 Å². The predicted octanol–water partition coefficient (Wildman–Crippen LogP) is 2.62. The minimum atomic E-state index is -3.73. The molecule has 8 nitrogen and oxygen atoms in total. The van der Waals surface area contributed by atoms with Crippen LogP contribution >= 0.6 is 0 Å². The Bertz CT molecular complexity index is 1220. The van der Waals surface area contributed by atoms with Crippen LogP contribution in [0.25, 0.3) is 0 Å². The number of nitrogens with one attached hydrogen (secondary N) is 1. The number of nitrogens with zero attached hydrogens (tertiary/aromatic N) is 2. The molecule has 3 aliphatic rings. The highest BCUT2D eigenvalue weighted by molar-refractivity contribution is 7.89. The molecule has 2 aromatic rings. The molecule has 1 aliphatic carbocycles. The van der Waals surface area contributed by atoms with E-state index in [0.29, 0.717) is 56.8 Å². The smallest absolute Gasteiger partial charge is 0.257 e. The highest BCUT2D eigenvalue weighted by Crippen LogP contribution is 2.30. The van der Waals surface area contributed by atoms with E-state index in [1.807, 2.05) is 12.1 Å². The lowest BCUT2D eigenvalue weighted by atomic mass is 9.90. The number of anilines is 2. The quantitative estimate of drug-likeness (QED) is 0.703.